The van der Waals surface area contributed by atoms with Crippen LogP contribution in [0.4, 0.5) is 13.6 Å². The molecule has 2 aliphatic rings. The fourth-order valence-electron chi connectivity index (χ4n) is 4.75. The minimum atomic E-state index is -1.32. The van der Waals surface area contributed by atoms with Gasteiger partial charge in [-0.15, -0.1) is 0 Å². The third kappa shape index (κ3) is 4.57. The van der Waals surface area contributed by atoms with Crippen LogP contribution < -0.4 is 0 Å². The number of likely N-dealkylation sites (tertiary alicyclic amines) is 1. The highest BCUT2D eigenvalue weighted by atomic mass is 19.1. The van der Waals surface area contributed by atoms with Crippen molar-refractivity contribution >= 4 is 6.09 Å². The molecule has 0 bridgehead atoms. The summed E-state index contributed by atoms with van der Waals surface area (Å²) in [5.41, 5.74) is -0.100. The molecular weight excluding hydrogens is 402 g/mol. The number of piperidine rings is 1. The Bertz CT molecular complexity index is 851. The summed E-state index contributed by atoms with van der Waals surface area (Å²) >= 11 is 0. The maximum absolute atomic E-state index is 13.5. The summed E-state index contributed by atoms with van der Waals surface area (Å²) in [4.78, 5) is 15.4. The van der Waals surface area contributed by atoms with Crippen molar-refractivity contribution in [3.05, 3.63) is 71.3 Å². The first kappa shape index (κ1) is 21.7. The summed E-state index contributed by atoms with van der Waals surface area (Å²) in [7, 11) is 1.74. The van der Waals surface area contributed by atoms with Crippen LogP contribution in [0.3, 0.4) is 0 Å². The third-order valence-corrected chi connectivity index (χ3v) is 6.57. The van der Waals surface area contributed by atoms with Crippen LogP contribution in [-0.2, 0) is 10.3 Å². The van der Waals surface area contributed by atoms with Crippen LogP contribution in [0.15, 0.2) is 48.5 Å². The zero-order valence-electron chi connectivity index (χ0n) is 17.6. The maximum atomic E-state index is 13.5. The van der Waals surface area contributed by atoms with E-state index in [1.165, 1.54) is 24.3 Å². The van der Waals surface area contributed by atoms with Crippen molar-refractivity contribution in [3.63, 3.8) is 0 Å². The van der Waals surface area contributed by atoms with E-state index in [1.54, 1.807) is 36.2 Å². The minimum absolute atomic E-state index is 0.0782. The average molecular weight is 430 g/mol. The number of ether oxygens (including phenoxy) is 1. The Kier molecular flexibility index (Phi) is 6.25. The zero-order chi connectivity index (χ0) is 22.0. The minimum Gasteiger partial charge on any atom is -0.444 e. The lowest BCUT2D eigenvalue weighted by atomic mass is 9.72. The van der Waals surface area contributed by atoms with Gasteiger partial charge in [-0.2, -0.15) is 0 Å². The molecule has 2 aromatic carbocycles. The topological polar surface area (TPSA) is 53.0 Å². The number of benzene rings is 2. The lowest BCUT2D eigenvalue weighted by molar-refractivity contribution is -0.0155. The highest BCUT2D eigenvalue weighted by molar-refractivity contribution is 5.69. The van der Waals surface area contributed by atoms with E-state index in [1.807, 2.05) is 0 Å². The van der Waals surface area contributed by atoms with Crippen molar-refractivity contribution in [1.82, 2.24) is 9.80 Å². The van der Waals surface area contributed by atoms with Gasteiger partial charge in [0.05, 0.1) is 6.54 Å². The average Bonchev–Trinajstić information content (AvgIpc) is 3.10. The third-order valence-electron chi connectivity index (χ3n) is 6.57. The largest absolute Gasteiger partial charge is 0.444 e. The molecule has 0 radical (unpaired) electrons. The van der Waals surface area contributed by atoms with Gasteiger partial charge in [-0.25, -0.2) is 13.6 Å². The van der Waals surface area contributed by atoms with Gasteiger partial charge in [-0.3, -0.25) is 0 Å². The first-order valence-corrected chi connectivity index (χ1v) is 10.7. The quantitative estimate of drug-likeness (QED) is 0.759. The molecule has 0 aromatic heterocycles. The van der Waals surface area contributed by atoms with Crippen LogP contribution in [0.25, 0.3) is 0 Å². The fourth-order valence-corrected chi connectivity index (χ4v) is 4.75. The lowest BCUT2D eigenvalue weighted by Gasteiger charge is -2.42. The smallest absolute Gasteiger partial charge is 0.409 e. The van der Waals surface area contributed by atoms with Crippen LogP contribution in [-0.4, -0.2) is 60.3 Å². The monoisotopic (exact) mass is 430 g/mol. The van der Waals surface area contributed by atoms with Gasteiger partial charge in [-0.1, -0.05) is 24.3 Å². The molecule has 0 aliphatic carbocycles. The maximum Gasteiger partial charge on any atom is 0.409 e. The number of likely N-dealkylation sites (N-methyl/N-ethyl adjacent to an activating group) is 1. The molecule has 0 spiro atoms. The molecule has 166 valence electrons. The Morgan fingerprint density at radius 1 is 1.00 bits per heavy atom. The molecule has 2 aliphatic heterocycles. The van der Waals surface area contributed by atoms with E-state index in [4.69, 9.17) is 4.74 Å². The van der Waals surface area contributed by atoms with E-state index in [2.05, 4.69) is 4.90 Å². The number of hydrogen-bond donors (Lipinski definition) is 1. The number of carbonyl (C=O) groups excluding carboxylic acids is 1. The molecule has 2 heterocycles. The van der Waals surface area contributed by atoms with Gasteiger partial charge in [0, 0.05) is 13.6 Å². The molecule has 1 amide bonds. The molecular formula is C24H28F2N2O3. The fraction of sp³-hybridized carbons (Fsp3) is 0.458. The van der Waals surface area contributed by atoms with E-state index < -0.39 is 5.60 Å². The summed E-state index contributed by atoms with van der Waals surface area (Å²) in [6.07, 6.45) is 1.92. The number of hydrogen-bond acceptors (Lipinski definition) is 4. The summed E-state index contributed by atoms with van der Waals surface area (Å²) in [5.74, 6) is -0.813. The molecule has 2 saturated heterocycles. The Labute approximate surface area is 181 Å². The Hall–Kier alpha value is -2.51. The predicted octanol–water partition coefficient (Wildman–Crippen LogP) is 3.75. The number of nitrogens with zero attached hydrogens (tertiary/aromatic N) is 2. The highest BCUT2D eigenvalue weighted by Crippen LogP contribution is 2.42. The molecule has 2 fully saturated rings. The summed E-state index contributed by atoms with van der Waals surface area (Å²) in [6, 6.07) is 11.8. The summed E-state index contributed by atoms with van der Waals surface area (Å²) in [6.45, 7) is 3.03. The van der Waals surface area contributed by atoms with Crippen molar-refractivity contribution in [2.24, 2.45) is 5.92 Å². The van der Waals surface area contributed by atoms with E-state index >= 15 is 0 Å². The molecule has 1 N–H and O–H groups in total. The Morgan fingerprint density at radius 2 is 1.52 bits per heavy atom. The van der Waals surface area contributed by atoms with Crippen molar-refractivity contribution in [1.29, 1.82) is 0 Å². The molecule has 2 aromatic rings. The Balaban J connectivity index is 1.45. The number of cyclic esters (lactones) is 1. The van der Waals surface area contributed by atoms with Crippen molar-refractivity contribution in [2.45, 2.75) is 31.0 Å². The number of rotatable bonds is 6. The molecule has 0 saturated carbocycles. The van der Waals surface area contributed by atoms with E-state index in [0.717, 1.165) is 38.9 Å². The summed E-state index contributed by atoms with van der Waals surface area (Å²) < 4.78 is 32.4. The predicted molar refractivity (Wildman–Crippen MR) is 112 cm³/mol. The second kappa shape index (κ2) is 8.93. The van der Waals surface area contributed by atoms with E-state index in [9.17, 15) is 18.7 Å². The zero-order valence-corrected chi connectivity index (χ0v) is 17.6. The Morgan fingerprint density at radius 3 is 1.97 bits per heavy atom. The standard InChI is InChI=1S/C24H28F2N2O3/c1-27-16-22(31-23(27)29)12-15-28-13-10-19(11-14-28)24(30,17-2-6-20(25)7-3-17)18-4-8-21(26)9-5-18/h2-9,19,22,30H,10-16H2,1H3. The van der Waals surface area contributed by atoms with Gasteiger partial charge in [0.2, 0.25) is 0 Å². The van der Waals surface area contributed by atoms with E-state index in [0.29, 0.717) is 17.7 Å². The molecule has 31 heavy (non-hydrogen) atoms. The molecule has 5 nitrogen and oxygen atoms in total. The number of aliphatic hydroxyl groups is 1. The highest BCUT2D eigenvalue weighted by Gasteiger charge is 2.41. The van der Waals surface area contributed by atoms with Gasteiger partial charge in [-0.05, 0) is 73.7 Å². The molecule has 7 heteroatoms. The summed E-state index contributed by atoms with van der Waals surface area (Å²) in [5, 5.41) is 11.9. The molecule has 1 atom stereocenters. The van der Waals surface area contributed by atoms with Crippen LogP contribution in [0, 0.1) is 17.6 Å². The SMILES string of the molecule is CN1CC(CCN2CCC(C(O)(c3ccc(F)cc3)c3ccc(F)cc3)CC2)OC1=O. The van der Waals surface area contributed by atoms with Gasteiger partial charge < -0.3 is 19.6 Å². The molecule has 1 unspecified atom stereocenters. The second-order valence-corrected chi connectivity index (χ2v) is 8.57. The second-order valence-electron chi connectivity index (χ2n) is 8.57. The van der Waals surface area contributed by atoms with E-state index in [-0.39, 0.29) is 29.7 Å². The lowest BCUT2D eigenvalue weighted by Crippen LogP contribution is -2.44. The van der Waals surface area contributed by atoms with Crippen molar-refractivity contribution < 1.29 is 23.4 Å². The number of amides is 1. The van der Waals surface area contributed by atoms with Gasteiger partial charge in [0.15, 0.2) is 0 Å². The number of carbonyl (C=O) groups is 1. The normalized spacial score (nSPS) is 20.8. The first-order valence-electron chi connectivity index (χ1n) is 10.7. The molecule has 4 rings (SSSR count). The van der Waals surface area contributed by atoms with Crippen molar-refractivity contribution in [2.75, 3.05) is 33.2 Å². The van der Waals surface area contributed by atoms with Gasteiger partial charge >= 0.3 is 6.09 Å². The van der Waals surface area contributed by atoms with Crippen LogP contribution >= 0.6 is 0 Å². The number of halogens is 2. The van der Waals surface area contributed by atoms with Crippen molar-refractivity contribution in [3.8, 4) is 0 Å². The van der Waals surface area contributed by atoms with Crippen LogP contribution in [0.2, 0.25) is 0 Å². The van der Waals surface area contributed by atoms with Crippen LogP contribution in [0.1, 0.15) is 30.4 Å². The van der Waals surface area contributed by atoms with Gasteiger partial charge in [0.25, 0.3) is 0 Å². The van der Waals surface area contributed by atoms with Gasteiger partial charge in [0.1, 0.15) is 23.3 Å². The first-order chi connectivity index (χ1) is 14.9. The van der Waals surface area contributed by atoms with Crippen LogP contribution in [0.5, 0.6) is 0 Å².